The summed E-state index contributed by atoms with van der Waals surface area (Å²) in [7, 11) is 3.33. The molecule has 1 fully saturated rings. The minimum absolute atomic E-state index is 0.130. The topological polar surface area (TPSA) is 60.6 Å². The first-order valence-corrected chi connectivity index (χ1v) is 9.54. The molecule has 0 spiro atoms. The van der Waals surface area contributed by atoms with Crippen molar-refractivity contribution in [2.45, 2.75) is 25.4 Å². The van der Waals surface area contributed by atoms with Crippen molar-refractivity contribution in [1.29, 1.82) is 0 Å². The van der Waals surface area contributed by atoms with Gasteiger partial charge in [0, 0.05) is 23.1 Å². The van der Waals surface area contributed by atoms with E-state index in [-0.39, 0.29) is 6.04 Å². The van der Waals surface area contributed by atoms with Crippen molar-refractivity contribution < 1.29 is 13.9 Å². The van der Waals surface area contributed by atoms with Gasteiger partial charge in [-0.15, -0.1) is 10.2 Å². The van der Waals surface area contributed by atoms with Crippen LogP contribution in [0.4, 0.5) is 0 Å². The van der Waals surface area contributed by atoms with E-state index in [0.29, 0.717) is 11.8 Å². The van der Waals surface area contributed by atoms with Crippen LogP contribution in [-0.2, 0) is 6.54 Å². The Bertz CT molecular complexity index is 863. The van der Waals surface area contributed by atoms with Gasteiger partial charge >= 0.3 is 0 Å². The maximum absolute atomic E-state index is 5.97. The predicted molar refractivity (Wildman–Crippen MR) is 99.5 cm³/mol. The number of rotatable bonds is 6. The lowest BCUT2D eigenvalue weighted by atomic mass is 10.1. The molecule has 26 heavy (non-hydrogen) atoms. The summed E-state index contributed by atoms with van der Waals surface area (Å²) in [6.45, 7) is 1.74. The van der Waals surface area contributed by atoms with Crippen LogP contribution in [0, 0.1) is 0 Å². The first kappa shape index (κ1) is 17.1. The van der Waals surface area contributed by atoms with Gasteiger partial charge in [-0.25, -0.2) is 0 Å². The molecule has 0 saturated carbocycles. The molecule has 1 aliphatic rings. The highest BCUT2D eigenvalue weighted by molar-refractivity contribution is 7.08. The highest BCUT2D eigenvalue weighted by atomic mass is 32.1. The molecule has 0 radical (unpaired) electrons. The molecule has 1 aromatic carbocycles. The summed E-state index contributed by atoms with van der Waals surface area (Å²) in [5.74, 6) is 2.81. The summed E-state index contributed by atoms with van der Waals surface area (Å²) in [5.41, 5.74) is 2.07. The van der Waals surface area contributed by atoms with Gasteiger partial charge in [-0.05, 0) is 36.9 Å². The molecular weight excluding hydrogens is 350 g/mol. The lowest BCUT2D eigenvalue weighted by Crippen LogP contribution is -2.23. The normalized spacial score (nSPS) is 17.5. The highest BCUT2D eigenvalue weighted by Crippen LogP contribution is 2.37. The molecule has 136 valence electrons. The Morgan fingerprint density at radius 1 is 1.23 bits per heavy atom. The molecule has 2 aromatic heterocycles. The van der Waals surface area contributed by atoms with Crippen LogP contribution in [0.5, 0.6) is 11.5 Å². The second-order valence-corrected chi connectivity index (χ2v) is 7.02. The zero-order valence-corrected chi connectivity index (χ0v) is 15.7. The SMILES string of the molecule is COc1cccc(CN2CCC[C@H]2c2nnc(-c3ccsc3)o2)c1OC. The summed E-state index contributed by atoms with van der Waals surface area (Å²) in [5, 5.41) is 12.6. The maximum Gasteiger partial charge on any atom is 0.248 e. The van der Waals surface area contributed by atoms with Gasteiger partial charge in [0.05, 0.1) is 20.3 Å². The summed E-state index contributed by atoms with van der Waals surface area (Å²) in [6, 6.07) is 8.10. The number of hydrogen-bond acceptors (Lipinski definition) is 7. The van der Waals surface area contributed by atoms with Crippen molar-refractivity contribution >= 4 is 11.3 Å². The van der Waals surface area contributed by atoms with Crippen LogP contribution < -0.4 is 9.47 Å². The smallest absolute Gasteiger partial charge is 0.248 e. The molecule has 1 saturated heterocycles. The van der Waals surface area contributed by atoms with Crippen LogP contribution >= 0.6 is 11.3 Å². The molecule has 0 aliphatic carbocycles. The van der Waals surface area contributed by atoms with Gasteiger partial charge in [0.25, 0.3) is 0 Å². The Morgan fingerprint density at radius 2 is 2.15 bits per heavy atom. The molecule has 6 nitrogen and oxygen atoms in total. The lowest BCUT2D eigenvalue weighted by Gasteiger charge is -2.23. The molecule has 3 heterocycles. The fourth-order valence-electron chi connectivity index (χ4n) is 3.46. The maximum atomic E-state index is 5.97. The van der Waals surface area contributed by atoms with Crippen LogP contribution in [0.3, 0.4) is 0 Å². The number of benzene rings is 1. The highest BCUT2D eigenvalue weighted by Gasteiger charge is 2.31. The third-order valence-corrected chi connectivity index (χ3v) is 5.40. The Hall–Kier alpha value is -2.38. The van der Waals surface area contributed by atoms with Crippen molar-refractivity contribution in [3.05, 3.63) is 46.5 Å². The standard InChI is InChI=1S/C19H21N3O3S/c1-23-16-7-3-5-13(17(16)24-2)11-22-9-4-6-15(22)19-21-20-18(25-19)14-8-10-26-12-14/h3,5,7-8,10,12,15H,4,6,9,11H2,1-2H3/t15-/m0/s1. The lowest BCUT2D eigenvalue weighted by molar-refractivity contribution is 0.212. The molecule has 0 bridgehead atoms. The minimum atomic E-state index is 0.130. The average molecular weight is 371 g/mol. The van der Waals surface area contributed by atoms with Crippen LogP contribution in [0.15, 0.2) is 39.4 Å². The number of likely N-dealkylation sites (tertiary alicyclic amines) is 1. The third kappa shape index (κ3) is 3.20. The summed E-state index contributed by atoms with van der Waals surface area (Å²) in [4.78, 5) is 2.36. The fraction of sp³-hybridized carbons (Fsp3) is 0.368. The third-order valence-electron chi connectivity index (χ3n) is 4.72. The predicted octanol–water partition coefficient (Wildman–Crippen LogP) is 4.15. The Kier molecular flexibility index (Phi) is 4.90. The van der Waals surface area contributed by atoms with Crippen molar-refractivity contribution in [2.75, 3.05) is 20.8 Å². The van der Waals surface area contributed by atoms with E-state index in [0.717, 1.165) is 48.6 Å². The van der Waals surface area contributed by atoms with Gasteiger partial charge in [-0.3, -0.25) is 4.90 Å². The molecule has 7 heteroatoms. The Balaban J connectivity index is 1.56. The molecule has 0 N–H and O–H groups in total. The van der Waals surface area contributed by atoms with Gasteiger partial charge in [0.2, 0.25) is 11.8 Å². The Labute approximate surface area is 156 Å². The quantitative estimate of drug-likeness (QED) is 0.649. The van der Waals surface area contributed by atoms with Crippen molar-refractivity contribution in [2.24, 2.45) is 0 Å². The van der Waals surface area contributed by atoms with E-state index < -0.39 is 0 Å². The molecule has 0 amide bonds. The first-order chi connectivity index (χ1) is 12.8. The van der Waals surface area contributed by atoms with Gasteiger partial charge in [-0.1, -0.05) is 12.1 Å². The zero-order chi connectivity index (χ0) is 17.9. The summed E-state index contributed by atoms with van der Waals surface area (Å²) < 4.78 is 17.0. The van der Waals surface area contributed by atoms with Crippen molar-refractivity contribution in [3.63, 3.8) is 0 Å². The molecule has 3 aromatic rings. The number of thiophene rings is 1. The number of nitrogens with zero attached hydrogens (tertiary/aromatic N) is 3. The number of methoxy groups -OCH3 is 2. The second kappa shape index (κ2) is 7.47. The Morgan fingerprint density at radius 3 is 2.92 bits per heavy atom. The van der Waals surface area contributed by atoms with Crippen LogP contribution in [0.2, 0.25) is 0 Å². The van der Waals surface area contributed by atoms with E-state index in [1.54, 1.807) is 25.6 Å². The summed E-state index contributed by atoms with van der Waals surface area (Å²) in [6.07, 6.45) is 2.12. The van der Waals surface area contributed by atoms with E-state index in [4.69, 9.17) is 13.9 Å². The number of aromatic nitrogens is 2. The van der Waals surface area contributed by atoms with E-state index in [1.165, 1.54) is 0 Å². The van der Waals surface area contributed by atoms with Gasteiger partial charge in [0.1, 0.15) is 0 Å². The van der Waals surface area contributed by atoms with Crippen LogP contribution in [-0.4, -0.2) is 35.9 Å². The molecule has 1 aliphatic heterocycles. The van der Waals surface area contributed by atoms with E-state index in [2.05, 4.69) is 21.2 Å². The van der Waals surface area contributed by atoms with Gasteiger partial charge < -0.3 is 13.9 Å². The molecular formula is C19H21N3O3S. The minimum Gasteiger partial charge on any atom is -0.493 e. The largest absolute Gasteiger partial charge is 0.493 e. The summed E-state index contributed by atoms with van der Waals surface area (Å²) >= 11 is 1.62. The van der Waals surface area contributed by atoms with E-state index >= 15 is 0 Å². The van der Waals surface area contributed by atoms with Gasteiger partial charge in [0.15, 0.2) is 11.5 Å². The van der Waals surface area contributed by atoms with Crippen molar-refractivity contribution in [3.8, 4) is 23.0 Å². The monoisotopic (exact) mass is 371 g/mol. The first-order valence-electron chi connectivity index (χ1n) is 8.60. The number of ether oxygens (including phenoxy) is 2. The van der Waals surface area contributed by atoms with Gasteiger partial charge in [-0.2, -0.15) is 11.3 Å². The van der Waals surface area contributed by atoms with Crippen LogP contribution in [0.25, 0.3) is 11.5 Å². The number of para-hydroxylation sites is 1. The molecule has 1 atom stereocenters. The fourth-order valence-corrected chi connectivity index (χ4v) is 4.09. The average Bonchev–Trinajstić information content (AvgIpc) is 3.41. The number of hydrogen-bond donors (Lipinski definition) is 0. The molecule has 4 rings (SSSR count). The molecule has 0 unspecified atom stereocenters. The van der Waals surface area contributed by atoms with Crippen LogP contribution in [0.1, 0.15) is 30.3 Å². The second-order valence-electron chi connectivity index (χ2n) is 6.24. The van der Waals surface area contributed by atoms with E-state index in [9.17, 15) is 0 Å². The van der Waals surface area contributed by atoms with Crippen molar-refractivity contribution in [1.82, 2.24) is 15.1 Å². The van der Waals surface area contributed by atoms with E-state index in [1.807, 2.05) is 29.0 Å². The zero-order valence-electron chi connectivity index (χ0n) is 14.8.